The molecule has 3 heterocycles. The maximum Gasteiger partial charge on any atom is 0.252 e. The van der Waals surface area contributed by atoms with Crippen LogP contribution in [0.25, 0.3) is 72.0 Å². The largest absolute Gasteiger partial charge is 0.311 e. The number of nitrogens with zero attached hydrogens (tertiary/aromatic N) is 3. The molecule has 2 aliphatic carbocycles. The van der Waals surface area contributed by atoms with E-state index in [4.69, 9.17) is 0 Å². The highest BCUT2D eigenvalue weighted by Gasteiger charge is 2.45. The van der Waals surface area contributed by atoms with Crippen molar-refractivity contribution in [2.75, 3.05) is 9.80 Å². The number of rotatable bonds is 7. The lowest BCUT2D eigenvalue weighted by molar-refractivity contribution is 0.332. The maximum atomic E-state index is 2.62. The van der Waals surface area contributed by atoms with E-state index in [1.54, 1.807) is 0 Å². The Kier molecular flexibility index (Phi) is 13.5. The molecule has 0 spiro atoms. The van der Waals surface area contributed by atoms with Crippen molar-refractivity contribution in [2.24, 2.45) is 0 Å². The molecule has 0 amide bonds. The van der Waals surface area contributed by atoms with Gasteiger partial charge in [0.1, 0.15) is 0 Å². The highest BCUT2D eigenvalue weighted by molar-refractivity contribution is 7.00. The molecule has 0 fully saturated rings. The second-order valence-corrected chi connectivity index (χ2v) is 32.7. The second-order valence-electron chi connectivity index (χ2n) is 32.7. The van der Waals surface area contributed by atoms with Crippen LogP contribution in [0.4, 0.5) is 34.1 Å². The quantitative estimate of drug-likeness (QED) is 0.147. The molecule has 11 aromatic carbocycles. The van der Waals surface area contributed by atoms with Gasteiger partial charge in [-0.2, -0.15) is 0 Å². The molecular weight excluding hydrogens is 1130 g/mol. The minimum atomic E-state index is -0.105. The average Bonchev–Trinajstić information content (AvgIpc) is 0.726. The smallest absolute Gasteiger partial charge is 0.252 e. The number of fused-ring (bicyclic) bond motifs is 9. The van der Waals surface area contributed by atoms with Crippen molar-refractivity contribution < 1.29 is 0 Å². The van der Waals surface area contributed by atoms with Crippen LogP contribution in [0.5, 0.6) is 0 Å². The Hall–Kier alpha value is -9.12. The lowest BCUT2D eigenvalue weighted by Gasteiger charge is -2.45. The molecule has 4 aliphatic rings. The van der Waals surface area contributed by atoms with Gasteiger partial charge in [0.25, 0.3) is 6.71 Å². The predicted molar refractivity (Wildman–Crippen MR) is 405 cm³/mol. The third-order valence-corrected chi connectivity index (χ3v) is 22.7. The van der Waals surface area contributed by atoms with Crippen molar-refractivity contribution in [3.63, 3.8) is 0 Å². The summed E-state index contributed by atoms with van der Waals surface area (Å²) in [6.45, 7) is 33.2. The highest BCUT2D eigenvalue weighted by atomic mass is 15.2. The van der Waals surface area contributed by atoms with E-state index in [2.05, 4.69) is 342 Å². The van der Waals surface area contributed by atoms with Gasteiger partial charge in [0.2, 0.25) is 0 Å². The standard InChI is InChI=1S/C90H88BN3/c1-85(2,3)65-35-26-59(27-36-65)64-54-82-84-83(55-64)93(68-39-30-58(31-40-68)62-33-43-73-75(52-62)90(13,14)49-47-88(73,9)10)81-56-69(94-78-24-17-15-22-70(78)71-23-16-18-25-79(71)94)41-45-77(81)91(84)76-44-34-63(60-20-19-21-66(50-60)86(4,5)6)53-80(76)92(82)67-37-28-57(29-38-67)61-32-42-72-74(51-61)89(11,12)48-46-87(72,7)8/h15-45,50-56H,46-49H2,1-14H3. The minimum Gasteiger partial charge on any atom is -0.311 e. The Morgan fingerprint density at radius 2 is 0.681 bits per heavy atom. The van der Waals surface area contributed by atoms with Gasteiger partial charge in [-0.15, -0.1) is 0 Å². The highest BCUT2D eigenvalue weighted by Crippen LogP contribution is 2.52. The maximum absolute atomic E-state index is 2.62. The molecule has 0 saturated carbocycles. The van der Waals surface area contributed by atoms with Crippen LogP contribution in [-0.4, -0.2) is 11.3 Å². The molecular formula is C90H88BN3. The van der Waals surface area contributed by atoms with Crippen molar-refractivity contribution in [3.8, 4) is 50.2 Å². The topological polar surface area (TPSA) is 11.4 Å². The molecule has 3 nitrogen and oxygen atoms in total. The number of benzene rings is 11. The molecule has 2 aliphatic heterocycles. The average molecular weight is 1220 g/mol. The van der Waals surface area contributed by atoms with E-state index in [1.807, 2.05) is 0 Å². The van der Waals surface area contributed by atoms with Crippen LogP contribution in [0, 0.1) is 0 Å². The summed E-state index contributed by atoms with van der Waals surface area (Å²) in [6.07, 6.45) is 4.75. The Morgan fingerprint density at radius 1 is 0.298 bits per heavy atom. The van der Waals surface area contributed by atoms with Crippen molar-refractivity contribution in [1.29, 1.82) is 0 Å². The third kappa shape index (κ3) is 9.74. The first-order valence-electron chi connectivity index (χ1n) is 34.6. The van der Waals surface area contributed by atoms with E-state index in [0.717, 1.165) is 17.1 Å². The van der Waals surface area contributed by atoms with Gasteiger partial charge >= 0.3 is 0 Å². The van der Waals surface area contributed by atoms with Gasteiger partial charge in [-0.1, -0.05) is 261 Å². The van der Waals surface area contributed by atoms with Crippen LogP contribution >= 0.6 is 0 Å². The SMILES string of the molecule is CC(C)(C)c1ccc(-c2cc3c4c(c2)N(c2ccc(-c5ccc6c(c5)C(C)(C)CCC6(C)C)cc2)c2cc(-n5c6ccccc6c6ccccc65)ccc2B4c2ccc(-c4cccc(C(C)(C)C)c4)cc2N3c2ccc(-c3ccc4c(c3)C(C)(C)CCC4(C)C)cc2)cc1. The molecule has 12 aromatic rings. The van der Waals surface area contributed by atoms with Gasteiger partial charge in [0.15, 0.2) is 0 Å². The van der Waals surface area contributed by atoms with Crippen molar-refractivity contribution >= 4 is 79.0 Å². The van der Waals surface area contributed by atoms with Gasteiger partial charge < -0.3 is 14.4 Å². The summed E-state index contributed by atoms with van der Waals surface area (Å²) in [7, 11) is 0. The Labute approximate surface area is 559 Å². The third-order valence-electron chi connectivity index (χ3n) is 22.7. The summed E-state index contributed by atoms with van der Waals surface area (Å²) in [5.74, 6) is 0. The van der Waals surface area contributed by atoms with E-state index in [-0.39, 0.29) is 39.2 Å². The van der Waals surface area contributed by atoms with Gasteiger partial charge in [-0.05, 0) is 219 Å². The number of hydrogen-bond donors (Lipinski definition) is 0. The molecule has 0 unspecified atom stereocenters. The van der Waals surface area contributed by atoms with E-state index in [9.17, 15) is 0 Å². The molecule has 94 heavy (non-hydrogen) atoms. The summed E-state index contributed by atoms with van der Waals surface area (Å²) in [6, 6.07) is 90.0. The fourth-order valence-electron chi connectivity index (χ4n) is 16.7. The molecule has 466 valence electrons. The molecule has 0 bridgehead atoms. The minimum absolute atomic E-state index is 0.00289. The Bertz CT molecular complexity index is 4980. The van der Waals surface area contributed by atoms with Crippen molar-refractivity contribution in [2.45, 2.75) is 155 Å². The molecule has 0 radical (unpaired) electrons. The predicted octanol–water partition coefficient (Wildman–Crippen LogP) is 22.8. The lowest BCUT2D eigenvalue weighted by atomic mass is 9.33. The van der Waals surface area contributed by atoms with Crippen LogP contribution in [-0.2, 0) is 32.5 Å². The van der Waals surface area contributed by atoms with Gasteiger partial charge in [-0.25, -0.2) is 0 Å². The van der Waals surface area contributed by atoms with Gasteiger partial charge in [-0.3, -0.25) is 0 Å². The Morgan fingerprint density at radius 3 is 1.18 bits per heavy atom. The van der Waals surface area contributed by atoms with Crippen molar-refractivity contribution in [1.82, 2.24) is 4.57 Å². The van der Waals surface area contributed by atoms with E-state index in [1.165, 1.54) is 165 Å². The Balaban J connectivity index is 0.952. The van der Waals surface area contributed by atoms with Gasteiger partial charge in [0, 0.05) is 50.6 Å². The molecule has 16 rings (SSSR count). The molecule has 0 saturated heterocycles. The zero-order valence-corrected chi connectivity index (χ0v) is 57.7. The monoisotopic (exact) mass is 1220 g/mol. The van der Waals surface area contributed by atoms with Crippen LogP contribution in [0.2, 0.25) is 0 Å². The summed E-state index contributed by atoms with van der Waals surface area (Å²) < 4.78 is 2.49. The fourth-order valence-corrected chi connectivity index (χ4v) is 16.7. The second kappa shape index (κ2) is 21.2. The number of hydrogen-bond acceptors (Lipinski definition) is 2. The first kappa shape index (κ1) is 59.9. The first-order valence-corrected chi connectivity index (χ1v) is 34.6. The number of aromatic nitrogens is 1. The zero-order chi connectivity index (χ0) is 65.2. The van der Waals surface area contributed by atoms with E-state index >= 15 is 0 Å². The normalized spacial score (nSPS) is 16.5. The molecule has 0 atom stereocenters. The molecule has 0 N–H and O–H groups in total. The van der Waals surface area contributed by atoms with Gasteiger partial charge in [0.05, 0.1) is 11.0 Å². The van der Waals surface area contributed by atoms with E-state index in [0.29, 0.717) is 0 Å². The molecule has 1 aromatic heterocycles. The van der Waals surface area contributed by atoms with Crippen LogP contribution in [0.3, 0.4) is 0 Å². The van der Waals surface area contributed by atoms with Crippen LogP contribution < -0.4 is 26.2 Å². The zero-order valence-electron chi connectivity index (χ0n) is 57.7. The summed E-state index contributed by atoms with van der Waals surface area (Å²) in [5, 5.41) is 2.51. The summed E-state index contributed by atoms with van der Waals surface area (Å²) in [4.78, 5) is 5.24. The van der Waals surface area contributed by atoms with E-state index < -0.39 is 0 Å². The number of para-hydroxylation sites is 2. The van der Waals surface area contributed by atoms with Crippen LogP contribution in [0.15, 0.2) is 231 Å². The summed E-state index contributed by atoms with van der Waals surface area (Å²) in [5.41, 5.74) is 33.2. The fraction of sp³-hybridized carbons (Fsp3) is 0.267. The lowest BCUT2D eigenvalue weighted by Crippen LogP contribution is -2.61. The van der Waals surface area contributed by atoms with Crippen LogP contribution in [0.1, 0.15) is 156 Å². The first-order chi connectivity index (χ1) is 44.8. The molecule has 4 heteroatoms. The van der Waals surface area contributed by atoms with Crippen molar-refractivity contribution in [3.05, 3.63) is 264 Å². The number of anilines is 6. The summed E-state index contributed by atoms with van der Waals surface area (Å²) >= 11 is 0.